The molecule has 1 fully saturated rings. The summed E-state index contributed by atoms with van der Waals surface area (Å²) in [5.41, 5.74) is 3.23. The maximum atomic E-state index is 5.58. The quantitative estimate of drug-likeness (QED) is 0.369. The van der Waals surface area contributed by atoms with E-state index in [1.807, 2.05) is 29.1 Å². The van der Waals surface area contributed by atoms with E-state index in [1.54, 1.807) is 7.11 Å². The second-order valence-corrected chi connectivity index (χ2v) is 10.1. The molecule has 2 aromatic carbocycles. The zero-order valence-electron chi connectivity index (χ0n) is 21.6. The Kier molecular flexibility index (Phi) is 6.98. The molecule has 0 spiro atoms. The first-order valence-electron chi connectivity index (χ1n) is 12.7. The lowest BCUT2D eigenvalue weighted by molar-refractivity contribution is 0.0968. The lowest BCUT2D eigenvalue weighted by atomic mass is 9.98. The molecule has 0 bridgehead atoms. The average Bonchev–Trinajstić information content (AvgIpc) is 3.40. The Bertz CT molecular complexity index is 1310. The first kappa shape index (κ1) is 24.3. The van der Waals surface area contributed by atoms with Crippen LogP contribution < -0.4 is 4.74 Å². The minimum Gasteiger partial charge on any atom is -0.496 e. The molecule has 3 heterocycles. The van der Waals surface area contributed by atoms with Gasteiger partial charge in [0.15, 0.2) is 5.82 Å². The van der Waals surface area contributed by atoms with E-state index in [0.29, 0.717) is 0 Å². The van der Waals surface area contributed by atoms with E-state index in [4.69, 9.17) is 4.74 Å². The highest BCUT2D eigenvalue weighted by atomic mass is 16.5. The third-order valence-corrected chi connectivity index (χ3v) is 7.48. The third-order valence-electron chi connectivity index (χ3n) is 7.48. The van der Waals surface area contributed by atoms with Gasteiger partial charge in [-0.15, -0.1) is 5.10 Å². The lowest BCUT2D eigenvalue weighted by Gasteiger charge is -2.40. The van der Waals surface area contributed by atoms with Crippen molar-refractivity contribution in [2.24, 2.45) is 0 Å². The minimum absolute atomic E-state index is 0.0381. The number of hydrogen-bond donors (Lipinski definition) is 0. The fourth-order valence-electron chi connectivity index (χ4n) is 4.99. The molecule has 36 heavy (non-hydrogen) atoms. The Balaban J connectivity index is 1.44. The van der Waals surface area contributed by atoms with Crippen molar-refractivity contribution < 1.29 is 4.74 Å². The Labute approximate surface area is 212 Å². The molecule has 8 heteroatoms. The lowest BCUT2D eigenvalue weighted by Crippen LogP contribution is -2.48. The topological polar surface area (TPSA) is 72.2 Å². The fraction of sp³-hybridized carbons (Fsp3) is 0.429. The number of pyridine rings is 1. The molecule has 0 saturated carbocycles. The summed E-state index contributed by atoms with van der Waals surface area (Å²) in [7, 11) is 1.74. The van der Waals surface area contributed by atoms with Crippen LogP contribution in [-0.2, 0) is 12.1 Å². The van der Waals surface area contributed by atoms with Gasteiger partial charge in [-0.05, 0) is 60.5 Å². The molecule has 1 aliphatic rings. The summed E-state index contributed by atoms with van der Waals surface area (Å²) in [4.78, 5) is 9.53. The predicted octanol–water partition coefficient (Wildman–Crippen LogP) is 4.28. The van der Waals surface area contributed by atoms with Gasteiger partial charge in [0, 0.05) is 49.9 Å². The van der Waals surface area contributed by atoms with Crippen molar-refractivity contribution in [3.8, 4) is 5.75 Å². The molecule has 2 aromatic heterocycles. The van der Waals surface area contributed by atoms with E-state index in [2.05, 4.69) is 87.5 Å². The highest BCUT2D eigenvalue weighted by molar-refractivity contribution is 5.79. The zero-order valence-corrected chi connectivity index (χ0v) is 21.6. The van der Waals surface area contributed by atoms with Crippen LogP contribution in [0, 0.1) is 0 Å². The van der Waals surface area contributed by atoms with Gasteiger partial charge in [-0.2, -0.15) is 0 Å². The van der Waals surface area contributed by atoms with Crippen molar-refractivity contribution in [1.82, 2.24) is 35.0 Å². The Morgan fingerprint density at radius 3 is 2.58 bits per heavy atom. The van der Waals surface area contributed by atoms with E-state index in [0.717, 1.165) is 61.6 Å². The van der Waals surface area contributed by atoms with E-state index in [9.17, 15) is 0 Å². The largest absolute Gasteiger partial charge is 0.496 e. The van der Waals surface area contributed by atoms with Crippen LogP contribution >= 0.6 is 0 Å². The number of fused-ring (bicyclic) bond motifs is 1. The monoisotopic (exact) mass is 485 g/mol. The second kappa shape index (κ2) is 10.3. The van der Waals surface area contributed by atoms with Crippen molar-refractivity contribution in [2.45, 2.75) is 45.3 Å². The Morgan fingerprint density at radius 2 is 1.81 bits per heavy atom. The smallest absolute Gasteiger partial charge is 0.173 e. The van der Waals surface area contributed by atoms with Gasteiger partial charge in [-0.25, -0.2) is 4.68 Å². The number of methoxy groups -OCH3 is 1. The summed E-state index contributed by atoms with van der Waals surface area (Å²) in [5.74, 6) is 1.84. The fourth-order valence-corrected chi connectivity index (χ4v) is 4.99. The van der Waals surface area contributed by atoms with Crippen LogP contribution in [0.3, 0.4) is 0 Å². The Morgan fingerprint density at radius 1 is 1.00 bits per heavy atom. The molecule has 0 radical (unpaired) electrons. The maximum absolute atomic E-state index is 5.58. The van der Waals surface area contributed by atoms with Gasteiger partial charge in [0.2, 0.25) is 0 Å². The first-order valence-corrected chi connectivity index (χ1v) is 12.7. The molecule has 8 nitrogen and oxygen atoms in total. The average molecular weight is 486 g/mol. The number of nitrogens with zero attached hydrogens (tertiary/aromatic N) is 7. The van der Waals surface area contributed by atoms with Gasteiger partial charge in [-0.3, -0.25) is 14.8 Å². The van der Waals surface area contributed by atoms with Crippen LogP contribution in [0.1, 0.15) is 50.2 Å². The molecule has 0 amide bonds. The van der Waals surface area contributed by atoms with E-state index < -0.39 is 0 Å². The van der Waals surface area contributed by atoms with Gasteiger partial charge in [0.1, 0.15) is 5.75 Å². The number of benzene rings is 2. The predicted molar refractivity (Wildman–Crippen MR) is 141 cm³/mol. The third kappa shape index (κ3) is 4.83. The SMILES string of the molecule is CCC(C)(C)n1nnnc1[C@H](c1ccc2ncccc2c1)N1CCN(Cc2ccccc2OC)CC1. The summed E-state index contributed by atoms with van der Waals surface area (Å²) in [6, 6.07) is 18.9. The van der Waals surface area contributed by atoms with Crippen molar-refractivity contribution in [2.75, 3.05) is 33.3 Å². The Hall–Kier alpha value is -3.36. The van der Waals surface area contributed by atoms with E-state index >= 15 is 0 Å². The molecule has 4 aromatic rings. The van der Waals surface area contributed by atoms with E-state index in [-0.39, 0.29) is 11.6 Å². The number of para-hydroxylation sites is 1. The van der Waals surface area contributed by atoms with E-state index in [1.165, 1.54) is 11.1 Å². The molecule has 1 saturated heterocycles. The van der Waals surface area contributed by atoms with Gasteiger partial charge >= 0.3 is 0 Å². The summed E-state index contributed by atoms with van der Waals surface area (Å²) in [5, 5.41) is 14.3. The summed E-state index contributed by atoms with van der Waals surface area (Å²) < 4.78 is 7.60. The summed E-state index contributed by atoms with van der Waals surface area (Å²) >= 11 is 0. The van der Waals surface area contributed by atoms with Gasteiger partial charge < -0.3 is 4.74 Å². The van der Waals surface area contributed by atoms with Crippen LogP contribution in [0.25, 0.3) is 10.9 Å². The molecule has 1 aliphatic heterocycles. The van der Waals surface area contributed by atoms with Gasteiger partial charge in [-0.1, -0.05) is 37.3 Å². The normalized spacial score (nSPS) is 16.3. The van der Waals surface area contributed by atoms with Crippen molar-refractivity contribution in [3.63, 3.8) is 0 Å². The standard InChI is InChI=1S/C28H35N7O/c1-5-28(2,3)35-27(30-31-32-35)26(22-12-13-24-21(19-22)10-8-14-29-24)34-17-15-33(16-18-34)20-23-9-6-7-11-25(23)36-4/h6-14,19,26H,5,15-18,20H2,1-4H3/t26-/m0/s1. The highest BCUT2D eigenvalue weighted by Crippen LogP contribution is 2.33. The van der Waals surface area contributed by atoms with Crippen molar-refractivity contribution in [1.29, 1.82) is 0 Å². The molecule has 1 atom stereocenters. The van der Waals surface area contributed by atoms with Gasteiger partial charge in [0.05, 0.1) is 24.2 Å². The van der Waals surface area contributed by atoms with Crippen LogP contribution in [0.5, 0.6) is 5.75 Å². The van der Waals surface area contributed by atoms with Crippen molar-refractivity contribution in [3.05, 3.63) is 77.7 Å². The number of ether oxygens (including phenoxy) is 1. The molecule has 188 valence electrons. The molecule has 0 N–H and O–H groups in total. The number of rotatable bonds is 8. The van der Waals surface area contributed by atoms with Crippen LogP contribution in [0.4, 0.5) is 0 Å². The molecule has 0 aliphatic carbocycles. The number of hydrogen-bond acceptors (Lipinski definition) is 7. The molecule has 0 unspecified atom stereocenters. The van der Waals surface area contributed by atoms with Crippen LogP contribution in [-0.4, -0.2) is 68.3 Å². The second-order valence-electron chi connectivity index (χ2n) is 10.1. The highest BCUT2D eigenvalue weighted by Gasteiger charge is 2.34. The zero-order chi connectivity index (χ0) is 25.1. The van der Waals surface area contributed by atoms with Crippen molar-refractivity contribution >= 4 is 10.9 Å². The minimum atomic E-state index is -0.179. The summed E-state index contributed by atoms with van der Waals surface area (Å²) in [6.07, 6.45) is 2.77. The number of aromatic nitrogens is 5. The van der Waals surface area contributed by atoms with Gasteiger partial charge in [0.25, 0.3) is 0 Å². The molecule has 5 rings (SSSR count). The first-order chi connectivity index (χ1) is 17.5. The molecular weight excluding hydrogens is 450 g/mol. The molecular formula is C28H35N7O. The van der Waals surface area contributed by atoms with Crippen LogP contribution in [0.15, 0.2) is 60.8 Å². The number of piperazine rings is 1. The summed E-state index contributed by atoms with van der Waals surface area (Å²) in [6.45, 7) is 11.2. The maximum Gasteiger partial charge on any atom is 0.173 e. The van der Waals surface area contributed by atoms with Crippen LogP contribution in [0.2, 0.25) is 0 Å². The number of tetrazole rings is 1.